The SMILES string of the molecule is COc1cn2ncc(-c3ccnc(OC4CC4)c3)c2nc1-c1cnn(C)c1. The van der Waals surface area contributed by atoms with Crippen LogP contribution in [0.1, 0.15) is 12.8 Å². The summed E-state index contributed by atoms with van der Waals surface area (Å²) in [6.07, 6.45) is 11.5. The first kappa shape index (κ1) is 15.8. The minimum Gasteiger partial charge on any atom is -0.493 e. The lowest BCUT2D eigenvalue weighted by Gasteiger charge is -2.08. The molecule has 0 bridgehead atoms. The molecule has 1 aliphatic carbocycles. The molecule has 27 heavy (non-hydrogen) atoms. The Kier molecular flexibility index (Phi) is 3.56. The number of aromatic nitrogens is 6. The molecule has 0 amide bonds. The van der Waals surface area contributed by atoms with Crippen LogP contribution in [0.15, 0.2) is 43.1 Å². The molecule has 1 saturated carbocycles. The number of pyridine rings is 1. The van der Waals surface area contributed by atoms with Crippen molar-refractivity contribution in [3.63, 3.8) is 0 Å². The van der Waals surface area contributed by atoms with Gasteiger partial charge in [-0.25, -0.2) is 14.5 Å². The third-order valence-corrected chi connectivity index (χ3v) is 4.52. The highest BCUT2D eigenvalue weighted by atomic mass is 16.5. The predicted molar refractivity (Wildman–Crippen MR) is 98.6 cm³/mol. The van der Waals surface area contributed by atoms with E-state index in [0.717, 1.165) is 40.9 Å². The molecule has 0 N–H and O–H groups in total. The van der Waals surface area contributed by atoms with E-state index in [4.69, 9.17) is 14.5 Å². The van der Waals surface area contributed by atoms with Gasteiger partial charge in [0.1, 0.15) is 11.8 Å². The molecule has 0 radical (unpaired) electrons. The van der Waals surface area contributed by atoms with E-state index in [1.54, 1.807) is 34.9 Å². The van der Waals surface area contributed by atoms with Crippen molar-refractivity contribution < 1.29 is 9.47 Å². The van der Waals surface area contributed by atoms with Crippen LogP contribution in [0.3, 0.4) is 0 Å². The summed E-state index contributed by atoms with van der Waals surface area (Å²) >= 11 is 0. The summed E-state index contributed by atoms with van der Waals surface area (Å²) < 4.78 is 14.8. The Morgan fingerprint density at radius 1 is 1.11 bits per heavy atom. The van der Waals surface area contributed by atoms with E-state index in [9.17, 15) is 0 Å². The van der Waals surface area contributed by atoms with Gasteiger partial charge in [-0.2, -0.15) is 10.2 Å². The second kappa shape index (κ2) is 6.08. The number of aryl methyl sites for hydroxylation is 1. The third kappa shape index (κ3) is 2.88. The zero-order valence-corrected chi connectivity index (χ0v) is 15.0. The Hall–Kier alpha value is -3.42. The zero-order chi connectivity index (χ0) is 18.4. The van der Waals surface area contributed by atoms with Crippen molar-refractivity contribution in [1.82, 2.24) is 29.4 Å². The van der Waals surface area contributed by atoms with Gasteiger partial charge in [-0.3, -0.25) is 4.68 Å². The highest BCUT2D eigenvalue weighted by Gasteiger charge is 2.24. The van der Waals surface area contributed by atoms with Crippen LogP contribution in [0.4, 0.5) is 0 Å². The van der Waals surface area contributed by atoms with Crippen LogP contribution in [0.5, 0.6) is 11.6 Å². The van der Waals surface area contributed by atoms with Crippen molar-refractivity contribution in [1.29, 1.82) is 0 Å². The summed E-state index contributed by atoms with van der Waals surface area (Å²) in [6, 6.07) is 3.87. The average molecular weight is 362 g/mol. The van der Waals surface area contributed by atoms with E-state index in [1.165, 1.54) is 0 Å². The highest BCUT2D eigenvalue weighted by molar-refractivity contribution is 5.80. The molecule has 1 fully saturated rings. The van der Waals surface area contributed by atoms with Gasteiger partial charge in [0.05, 0.1) is 25.7 Å². The molecule has 4 heterocycles. The van der Waals surface area contributed by atoms with Gasteiger partial charge in [-0.05, 0) is 24.5 Å². The summed E-state index contributed by atoms with van der Waals surface area (Å²) in [5.41, 5.74) is 4.22. The van der Waals surface area contributed by atoms with Crippen LogP contribution in [-0.4, -0.2) is 42.6 Å². The number of fused-ring (bicyclic) bond motifs is 1. The molecule has 8 nitrogen and oxygen atoms in total. The highest BCUT2D eigenvalue weighted by Crippen LogP contribution is 2.33. The molecule has 0 aromatic carbocycles. The maximum Gasteiger partial charge on any atom is 0.214 e. The Balaban J connectivity index is 1.63. The number of hydrogen-bond acceptors (Lipinski definition) is 6. The van der Waals surface area contributed by atoms with Gasteiger partial charge in [-0.1, -0.05) is 0 Å². The molecule has 0 aliphatic heterocycles. The number of nitrogens with zero attached hydrogens (tertiary/aromatic N) is 6. The number of hydrogen-bond donors (Lipinski definition) is 0. The fourth-order valence-corrected chi connectivity index (χ4v) is 3.00. The summed E-state index contributed by atoms with van der Waals surface area (Å²) in [5.74, 6) is 1.27. The Labute approximate surface area is 155 Å². The normalized spacial score (nSPS) is 13.9. The molecule has 0 saturated heterocycles. The quantitative estimate of drug-likeness (QED) is 0.543. The molecule has 136 valence electrons. The minimum atomic E-state index is 0.302. The lowest BCUT2D eigenvalue weighted by molar-refractivity contribution is 0.291. The molecule has 1 aliphatic rings. The Morgan fingerprint density at radius 3 is 2.74 bits per heavy atom. The second-order valence-electron chi connectivity index (χ2n) is 6.59. The molecular weight excluding hydrogens is 344 g/mol. The first-order valence-corrected chi connectivity index (χ1v) is 8.76. The van der Waals surface area contributed by atoms with E-state index in [1.807, 2.05) is 31.6 Å². The monoisotopic (exact) mass is 362 g/mol. The fourth-order valence-electron chi connectivity index (χ4n) is 3.00. The van der Waals surface area contributed by atoms with Crippen molar-refractivity contribution in [2.75, 3.05) is 7.11 Å². The first-order valence-electron chi connectivity index (χ1n) is 8.76. The van der Waals surface area contributed by atoms with Crippen LogP contribution in [0.2, 0.25) is 0 Å². The summed E-state index contributed by atoms with van der Waals surface area (Å²) in [4.78, 5) is 9.13. The summed E-state index contributed by atoms with van der Waals surface area (Å²) in [7, 11) is 3.49. The van der Waals surface area contributed by atoms with Gasteiger partial charge < -0.3 is 9.47 Å². The zero-order valence-electron chi connectivity index (χ0n) is 15.0. The Bertz CT molecular complexity index is 1130. The second-order valence-corrected chi connectivity index (χ2v) is 6.59. The van der Waals surface area contributed by atoms with Crippen molar-refractivity contribution in [2.24, 2.45) is 7.05 Å². The van der Waals surface area contributed by atoms with E-state index < -0.39 is 0 Å². The topological polar surface area (TPSA) is 79.4 Å². The lowest BCUT2D eigenvalue weighted by atomic mass is 10.1. The minimum absolute atomic E-state index is 0.302. The van der Waals surface area contributed by atoms with Crippen molar-refractivity contribution in [2.45, 2.75) is 18.9 Å². The molecule has 8 heteroatoms. The molecule has 4 aromatic rings. The van der Waals surface area contributed by atoms with Crippen molar-refractivity contribution >= 4 is 5.65 Å². The van der Waals surface area contributed by atoms with Crippen LogP contribution in [0.25, 0.3) is 28.0 Å². The largest absolute Gasteiger partial charge is 0.493 e. The summed E-state index contributed by atoms with van der Waals surface area (Å²) in [5, 5.41) is 8.67. The lowest BCUT2D eigenvalue weighted by Crippen LogP contribution is -1.99. The maximum atomic E-state index is 5.82. The van der Waals surface area contributed by atoms with Crippen LogP contribution in [-0.2, 0) is 7.05 Å². The molecule has 5 rings (SSSR count). The molecular formula is C19H18N6O2. The van der Waals surface area contributed by atoms with Gasteiger partial charge in [0.15, 0.2) is 11.4 Å². The molecule has 0 atom stereocenters. The number of rotatable bonds is 5. The van der Waals surface area contributed by atoms with Crippen LogP contribution >= 0.6 is 0 Å². The van der Waals surface area contributed by atoms with Gasteiger partial charge in [-0.15, -0.1) is 0 Å². The van der Waals surface area contributed by atoms with Gasteiger partial charge in [0, 0.05) is 36.6 Å². The Morgan fingerprint density at radius 2 is 2.00 bits per heavy atom. The molecule has 0 unspecified atom stereocenters. The van der Waals surface area contributed by atoms with Crippen molar-refractivity contribution in [3.05, 3.63) is 43.1 Å². The van der Waals surface area contributed by atoms with Gasteiger partial charge >= 0.3 is 0 Å². The summed E-state index contributed by atoms with van der Waals surface area (Å²) in [6.45, 7) is 0. The van der Waals surface area contributed by atoms with E-state index in [-0.39, 0.29) is 0 Å². The number of methoxy groups -OCH3 is 1. The van der Waals surface area contributed by atoms with Crippen LogP contribution in [0, 0.1) is 0 Å². The number of ether oxygens (including phenoxy) is 2. The molecule has 0 spiro atoms. The average Bonchev–Trinajstić information content (AvgIpc) is 3.23. The maximum absolute atomic E-state index is 5.82. The first-order chi connectivity index (χ1) is 13.2. The smallest absolute Gasteiger partial charge is 0.214 e. The van der Waals surface area contributed by atoms with Crippen LogP contribution < -0.4 is 9.47 Å². The van der Waals surface area contributed by atoms with E-state index >= 15 is 0 Å². The fraction of sp³-hybridized carbons (Fsp3) is 0.263. The molecule has 4 aromatic heterocycles. The van der Waals surface area contributed by atoms with E-state index in [2.05, 4.69) is 15.2 Å². The predicted octanol–water partition coefficient (Wildman–Crippen LogP) is 2.74. The standard InChI is InChI=1S/C19H18N6O2/c1-24-10-13(8-21-24)18-16(26-2)11-25-19(23-18)15(9-22-25)12-5-6-20-17(7-12)27-14-3-4-14/h5-11,14H,3-4H2,1-2H3. The van der Waals surface area contributed by atoms with Gasteiger partial charge in [0.2, 0.25) is 5.88 Å². The third-order valence-electron chi connectivity index (χ3n) is 4.52. The van der Waals surface area contributed by atoms with Crippen molar-refractivity contribution in [3.8, 4) is 34.0 Å². The van der Waals surface area contributed by atoms with Gasteiger partial charge in [0.25, 0.3) is 0 Å². The van der Waals surface area contributed by atoms with E-state index in [0.29, 0.717) is 17.7 Å².